The number of anilines is 1. The van der Waals surface area contributed by atoms with Gasteiger partial charge in [-0.15, -0.1) is 0 Å². The van der Waals surface area contributed by atoms with E-state index in [0.29, 0.717) is 11.4 Å². The molecule has 3 aromatic rings. The van der Waals surface area contributed by atoms with Crippen LogP contribution in [0.25, 0.3) is 5.69 Å². The number of aromatic nitrogens is 2. The second kappa shape index (κ2) is 6.22. The lowest BCUT2D eigenvalue weighted by Gasteiger charge is -2.05. The lowest BCUT2D eigenvalue weighted by molar-refractivity contribution is 0.102. The summed E-state index contributed by atoms with van der Waals surface area (Å²) in [4.78, 5) is 12.4. The second-order valence-corrected chi connectivity index (χ2v) is 5.32. The van der Waals surface area contributed by atoms with Crippen LogP contribution in [0, 0.1) is 12.7 Å². The van der Waals surface area contributed by atoms with Gasteiger partial charge in [0, 0.05) is 5.69 Å². The van der Waals surface area contributed by atoms with Crippen molar-refractivity contribution in [2.75, 3.05) is 5.32 Å². The first-order chi connectivity index (χ1) is 11.1. The first kappa shape index (κ1) is 15.2. The van der Waals surface area contributed by atoms with Crippen molar-refractivity contribution in [3.8, 4) is 5.69 Å². The fourth-order valence-corrected chi connectivity index (χ4v) is 2.62. The molecule has 0 saturated heterocycles. The molecule has 23 heavy (non-hydrogen) atoms. The van der Waals surface area contributed by atoms with Crippen LogP contribution in [0.3, 0.4) is 0 Å². The van der Waals surface area contributed by atoms with Crippen LogP contribution < -0.4 is 5.32 Å². The summed E-state index contributed by atoms with van der Waals surface area (Å²) in [5, 5.41) is 7.15. The first-order valence-electron chi connectivity index (χ1n) is 6.93. The van der Waals surface area contributed by atoms with Crippen LogP contribution in [-0.4, -0.2) is 15.7 Å². The number of aryl methyl sites for hydroxylation is 1. The molecule has 2 aromatic carbocycles. The van der Waals surface area contributed by atoms with Gasteiger partial charge in [0.25, 0.3) is 5.91 Å². The van der Waals surface area contributed by atoms with Gasteiger partial charge in [0.1, 0.15) is 16.5 Å². The Labute approximate surface area is 137 Å². The lowest BCUT2D eigenvalue weighted by Crippen LogP contribution is -2.13. The normalized spacial score (nSPS) is 10.6. The van der Waals surface area contributed by atoms with Gasteiger partial charge in [0.15, 0.2) is 0 Å². The lowest BCUT2D eigenvalue weighted by atomic mass is 10.2. The van der Waals surface area contributed by atoms with Crippen molar-refractivity contribution in [2.45, 2.75) is 6.92 Å². The van der Waals surface area contributed by atoms with Gasteiger partial charge in [-0.2, -0.15) is 5.10 Å². The molecule has 0 atom stereocenters. The largest absolute Gasteiger partial charge is 0.322 e. The molecule has 0 fully saturated rings. The standard InChI is InChI=1S/C17H13ClFN3O/c1-11-15(17(23)20-13-7-5-6-12(19)10-13)16(18)22(21-11)14-8-3-2-4-9-14/h2-10H,1H3,(H,20,23). The summed E-state index contributed by atoms with van der Waals surface area (Å²) in [6.07, 6.45) is 0. The topological polar surface area (TPSA) is 46.9 Å². The molecule has 6 heteroatoms. The number of benzene rings is 2. The maximum atomic E-state index is 13.2. The van der Waals surface area contributed by atoms with Crippen LogP contribution >= 0.6 is 11.6 Å². The molecule has 0 radical (unpaired) electrons. The van der Waals surface area contributed by atoms with E-state index in [1.807, 2.05) is 30.3 Å². The Morgan fingerprint density at radius 1 is 1.17 bits per heavy atom. The van der Waals surface area contributed by atoms with Gasteiger partial charge in [-0.1, -0.05) is 35.9 Å². The zero-order chi connectivity index (χ0) is 16.4. The van der Waals surface area contributed by atoms with Gasteiger partial charge in [-0.3, -0.25) is 4.79 Å². The molecule has 0 aliphatic carbocycles. The summed E-state index contributed by atoms with van der Waals surface area (Å²) < 4.78 is 14.7. The van der Waals surface area contributed by atoms with Crippen molar-refractivity contribution in [1.82, 2.24) is 9.78 Å². The van der Waals surface area contributed by atoms with Gasteiger partial charge in [-0.25, -0.2) is 9.07 Å². The van der Waals surface area contributed by atoms with Crippen LogP contribution in [0.4, 0.5) is 10.1 Å². The molecule has 0 aliphatic heterocycles. The van der Waals surface area contributed by atoms with E-state index in [1.54, 1.807) is 13.0 Å². The number of hydrogen-bond donors (Lipinski definition) is 1. The predicted molar refractivity (Wildman–Crippen MR) is 87.7 cm³/mol. The Hall–Kier alpha value is -2.66. The third kappa shape index (κ3) is 3.10. The van der Waals surface area contributed by atoms with Crippen molar-refractivity contribution in [2.24, 2.45) is 0 Å². The SMILES string of the molecule is Cc1nn(-c2ccccc2)c(Cl)c1C(=O)Nc1cccc(F)c1. The monoisotopic (exact) mass is 329 g/mol. The molecular weight excluding hydrogens is 317 g/mol. The summed E-state index contributed by atoms with van der Waals surface area (Å²) in [5.41, 5.74) is 1.87. The van der Waals surface area contributed by atoms with E-state index < -0.39 is 11.7 Å². The van der Waals surface area contributed by atoms with Gasteiger partial charge >= 0.3 is 0 Å². The zero-order valence-corrected chi connectivity index (χ0v) is 13.0. The van der Waals surface area contributed by atoms with E-state index in [1.165, 1.54) is 22.9 Å². The first-order valence-corrected chi connectivity index (χ1v) is 7.31. The molecule has 3 rings (SSSR count). The number of nitrogens with one attached hydrogen (secondary N) is 1. The van der Waals surface area contributed by atoms with E-state index >= 15 is 0 Å². The summed E-state index contributed by atoms with van der Waals surface area (Å²) in [5.74, 6) is -0.856. The van der Waals surface area contributed by atoms with Crippen LogP contribution in [0.15, 0.2) is 54.6 Å². The molecule has 1 amide bonds. The average Bonchev–Trinajstić information content (AvgIpc) is 2.83. The molecule has 1 heterocycles. The van der Waals surface area contributed by atoms with E-state index in [2.05, 4.69) is 10.4 Å². The molecule has 0 unspecified atom stereocenters. The highest BCUT2D eigenvalue weighted by atomic mass is 35.5. The number of nitrogens with zero attached hydrogens (tertiary/aromatic N) is 2. The number of carbonyl (C=O) groups excluding carboxylic acids is 1. The van der Waals surface area contributed by atoms with Crippen LogP contribution in [0.5, 0.6) is 0 Å². The number of para-hydroxylation sites is 1. The third-order valence-electron chi connectivity index (χ3n) is 3.31. The maximum Gasteiger partial charge on any atom is 0.260 e. The van der Waals surface area contributed by atoms with Crippen molar-refractivity contribution in [1.29, 1.82) is 0 Å². The Morgan fingerprint density at radius 2 is 1.91 bits per heavy atom. The van der Waals surface area contributed by atoms with Crippen molar-refractivity contribution < 1.29 is 9.18 Å². The van der Waals surface area contributed by atoms with Crippen LogP contribution in [0.2, 0.25) is 5.15 Å². The van der Waals surface area contributed by atoms with Crippen LogP contribution in [0.1, 0.15) is 16.1 Å². The smallest absolute Gasteiger partial charge is 0.260 e. The maximum absolute atomic E-state index is 13.2. The number of hydrogen-bond acceptors (Lipinski definition) is 2. The van der Waals surface area contributed by atoms with Crippen molar-refractivity contribution in [3.05, 3.63) is 76.8 Å². The number of amides is 1. The van der Waals surface area contributed by atoms with E-state index in [4.69, 9.17) is 11.6 Å². The van der Waals surface area contributed by atoms with Gasteiger partial charge in [-0.05, 0) is 37.3 Å². The Morgan fingerprint density at radius 3 is 2.61 bits per heavy atom. The Bertz CT molecular complexity index is 862. The van der Waals surface area contributed by atoms with Crippen molar-refractivity contribution >= 4 is 23.2 Å². The number of rotatable bonds is 3. The van der Waals surface area contributed by atoms with Gasteiger partial charge in [0.2, 0.25) is 0 Å². The minimum absolute atomic E-state index is 0.211. The molecule has 0 saturated carbocycles. The van der Waals surface area contributed by atoms with Gasteiger partial charge < -0.3 is 5.32 Å². The molecule has 116 valence electrons. The number of carbonyl (C=O) groups is 1. The molecule has 1 aromatic heterocycles. The van der Waals surface area contributed by atoms with E-state index in [9.17, 15) is 9.18 Å². The second-order valence-electron chi connectivity index (χ2n) is 4.96. The minimum atomic E-state index is -0.430. The highest BCUT2D eigenvalue weighted by Gasteiger charge is 2.21. The fraction of sp³-hybridized carbons (Fsp3) is 0.0588. The summed E-state index contributed by atoms with van der Waals surface area (Å²) in [6, 6.07) is 14.9. The highest BCUT2D eigenvalue weighted by molar-refractivity contribution is 6.34. The van der Waals surface area contributed by atoms with Gasteiger partial charge in [0.05, 0.1) is 11.4 Å². The quantitative estimate of drug-likeness (QED) is 0.781. The molecule has 0 aliphatic rings. The highest BCUT2D eigenvalue weighted by Crippen LogP contribution is 2.24. The van der Waals surface area contributed by atoms with Crippen molar-refractivity contribution in [3.63, 3.8) is 0 Å². The summed E-state index contributed by atoms with van der Waals surface area (Å²) in [6.45, 7) is 1.70. The fourth-order valence-electron chi connectivity index (χ4n) is 2.26. The minimum Gasteiger partial charge on any atom is -0.322 e. The predicted octanol–water partition coefficient (Wildman–Crippen LogP) is 4.23. The third-order valence-corrected chi connectivity index (χ3v) is 3.66. The Balaban J connectivity index is 1.94. The summed E-state index contributed by atoms with van der Waals surface area (Å²) >= 11 is 6.32. The van der Waals surface area contributed by atoms with E-state index in [0.717, 1.165) is 5.69 Å². The van der Waals surface area contributed by atoms with E-state index in [-0.39, 0.29) is 10.7 Å². The summed E-state index contributed by atoms with van der Waals surface area (Å²) in [7, 11) is 0. The number of halogens is 2. The molecule has 0 spiro atoms. The molecular formula is C17H13ClFN3O. The zero-order valence-electron chi connectivity index (χ0n) is 12.3. The molecule has 1 N–H and O–H groups in total. The van der Waals surface area contributed by atoms with Crippen LogP contribution in [-0.2, 0) is 0 Å². The molecule has 4 nitrogen and oxygen atoms in total. The molecule has 0 bridgehead atoms. The Kier molecular flexibility index (Phi) is 4.12. The average molecular weight is 330 g/mol.